The van der Waals surface area contributed by atoms with Crippen molar-refractivity contribution < 1.29 is 18.7 Å². The fourth-order valence-electron chi connectivity index (χ4n) is 2.27. The first kappa shape index (κ1) is 15.4. The summed E-state index contributed by atoms with van der Waals surface area (Å²) in [5.41, 5.74) is 11.5. The first-order valence-corrected chi connectivity index (χ1v) is 6.67. The van der Waals surface area contributed by atoms with Crippen molar-refractivity contribution in [3.63, 3.8) is 0 Å². The lowest BCUT2D eigenvalue weighted by Gasteiger charge is -2.34. The molecular weight excluding hydrogens is 277 g/mol. The lowest BCUT2D eigenvalue weighted by Crippen LogP contribution is -2.50. The first-order chi connectivity index (χ1) is 9.97. The summed E-state index contributed by atoms with van der Waals surface area (Å²) in [6.07, 6.45) is -0.513. The second-order valence-electron chi connectivity index (χ2n) is 4.97. The van der Waals surface area contributed by atoms with E-state index in [9.17, 15) is 14.0 Å². The van der Waals surface area contributed by atoms with Crippen LogP contribution in [-0.4, -0.2) is 42.5 Å². The smallest absolute Gasteiger partial charge is 0.240 e. The molecule has 1 heterocycles. The van der Waals surface area contributed by atoms with E-state index < -0.39 is 11.9 Å². The van der Waals surface area contributed by atoms with Crippen LogP contribution in [0.1, 0.15) is 18.1 Å². The second kappa shape index (κ2) is 6.64. The van der Waals surface area contributed by atoms with Gasteiger partial charge in [-0.2, -0.15) is 0 Å². The Morgan fingerprint density at radius 3 is 2.67 bits per heavy atom. The number of benzene rings is 1. The van der Waals surface area contributed by atoms with E-state index in [1.165, 1.54) is 12.1 Å². The molecule has 1 aliphatic heterocycles. The lowest BCUT2D eigenvalue weighted by atomic mass is 10.1. The second-order valence-corrected chi connectivity index (χ2v) is 4.97. The highest BCUT2D eigenvalue weighted by atomic mass is 19.1. The number of nitrogens with zero attached hydrogens (tertiary/aromatic N) is 1. The van der Waals surface area contributed by atoms with Gasteiger partial charge in [0.1, 0.15) is 11.9 Å². The number of hydrogen-bond acceptors (Lipinski definition) is 4. The van der Waals surface area contributed by atoms with Gasteiger partial charge in [0, 0.05) is 6.54 Å². The number of nitrogens with two attached hydrogens (primary N) is 2. The zero-order valence-electron chi connectivity index (χ0n) is 11.5. The van der Waals surface area contributed by atoms with Crippen LogP contribution in [-0.2, 0) is 14.3 Å². The molecule has 21 heavy (non-hydrogen) atoms. The molecule has 2 amide bonds. The summed E-state index contributed by atoms with van der Waals surface area (Å²) in [6, 6.07) is 5.00. The maximum absolute atomic E-state index is 12.9. The van der Waals surface area contributed by atoms with Crippen LogP contribution in [0.2, 0.25) is 0 Å². The third-order valence-electron chi connectivity index (χ3n) is 3.36. The van der Waals surface area contributed by atoms with Crippen molar-refractivity contribution in [2.45, 2.75) is 18.6 Å². The molecule has 0 saturated carbocycles. The molecule has 2 atom stereocenters. The molecule has 1 aromatic carbocycles. The van der Waals surface area contributed by atoms with Crippen molar-refractivity contribution >= 4 is 11.8 Å². The first-order valence-electron chi connectivity index (χ1n) is 6.67. The van der Waals surface area contributed by atoms with Gasteiger partial charge < -0.3 is 21.1 Å². The Kier molecular flexibility index (Phi) is 4.87. The predicted octanol–water partition coefficient (Wildman–Crippen LogP) is -0.0717. The molecular formula is C14H18FN3O3. The molecule has 1 aliphatic rings. The topological polar surface area (TPSA) is 98.7 Å². The number of ether oxygens (including phenoxy) is 1. The summed E-state index contributed by atoms with van der Waals surface area (Å²) < 4.78 is 18.5. The van der Waals surface area contributed by atoms with Gasteiger partial charge in [-0.15, -0.1) is 0 Å². The summed E-state index contributed by atoms with van der Waals surface area (Å²) in [5, 5.41) is 0. The monoisotopic (exact) mass is 295 g/mol. The highest BCUT2D eigenvalue weighted by molar-refractivity contribution is 5.87. The van der Waals surface area contributed by atoms with Gasteiger partial charge in [-0.1, -0.05) is 12.1 Å². The molecule has 1 saturated heterocycles. The Morgan fingerprint density at radius 1 is 1.38 bits per heavy atom. The van der Waals surface area contributed by atoms with Gasteiger partial charge in [-0.05, 0) is 17.7 Å². The normalized spacial score (nSPS) is 20.1. The number of hydrogen-bond donors (Lipinski definition) is 2. The minimum Gasteiger partial charge on any atom is -0.370 e. The quantitative estimate of drug-likeness (QED) is 0.812. The van der Waals surface area contributed by atoms with Crippen LogP contribution in [0.4, 0.5) is 4.39 Å². The van der Waals surface area contributed by atoms with Crippen molar-refractivity contribution in [2.24, 2.45) is 11.5 Å². The summed E-state index contributed by atoms with van der Waals surface area (Å²) in [4.78, 5) is 24.5. The number of amides is 2. The molecule has 2 rings (SSSR count). The highest BCUT2D eigenvalue weighted by Crippen LogP contribution is 2.22. The summed E-state index contributed by atoms with van der Waals surface area (Å²) in [5.74, 6) is -1.27. The Hall–Kier alpha value is -1.99. The number of carbonyl (C=O) groups is 2. The third kappa shape index (κ3) is 3.99. The number of rotatable bonds is 4. The SMILES string of the molecule is NC(=O)CC(N)C(=O)N1CCOC(c2ccc(F)cc2)C1. The Balaban J connectivity index is 2.01. The van der Waals surface area contributed by atoms with Gasteiger partial charge in [-0.3, -0.25) is 9.59 Å². The van der Waals surface area contributed by atoms with Crippen LogP contribution in [0.25, 0.3) is 0 Å². The molecule has 0 aromatic heterocycles. The van der Waals surface area contributed by atoms with E-state index in [1.54, 1.807) is 17.0 Å². The molecule has 0 aliphatic carbocycles. The largest absolute Gasteiger partial charge is 0.370 e. The summed E-state index contributed by atoms with van der Waals surface area (Å²) in [7, 11) is 0. The van der Waals surface area contributed by atoms with Crippen LogP contribution in [0.3, 0.4) is 0 Å². The summed E-state index contributed by atoms with van der Waals surface area (Å²) >= 11 is 0. The van der Waals surface area contributed by atoms with E-state index in [0.29, 0.717) is 19.7 Å². The Morgan fingerprint density at radius 2 is 2.05 bits per heavy atom. The molecule has 6 nitrogen and oxygen atoms in total. The van der Waals surface area contributed by atoms with Crippen LogP contribution >= 0.6 is 0 Å². The lowest BCUT2D eigenvalue weighted by molar-refractivity contribution is -0.141. The van der Waals surface area contributed by atoms with Gasteiger partial charge >= 0.3 is 0 Å². The molecule has 0 spiro atoms. The molecule has 1 aromatic rings. The molecule has 0 bridgehead atoms. The van der Waals surface area contributed by atoms with E-state index in [-0.39, 0.29) is 24.2 Å². The summed E-state index contributed by atoms with van der Waals surface area (Å²) in [6.45, 7) is 1.08. The number of halogens is 1. The Labute approximate surface area is 121 Å². The molecule has 1 fully saturated rings. The molecule has 2 unspecified atom stereocenters. The van der Waals surface area contributed by atoms with Crippen LogP contribution in [0.5, 0.6) is 0 Å². The third-order valence-corrected chi connectivity index (χ3v) is 3.36. The van der Waals surface area contributed by atoms with Gasteiger partial charge in [0.05, 0.1) is 25.6 Å². The van der Waals surface area contributed by atoms with Crippen molar-refractivity contribution in [1.29, 1.82) is 0 Å². The number of morpholine rings is 1. The number of primary amides is 1. The van der Waals surface area contributed by atoms with Gasteiger partial charge in [0.2, 0.25) is 11.8 Å². The van der Waals surface area contributed by atoms with Gasteiger partial charge in [0.25, 0.3) is 0 Å². The van der Waals surface area contributed by atoms with E-state index in [2.05, 4.69) is 0 Å². The average Bonchev–Trinajstić information content (AvgIpc) is 2.46. The van der Waals surface area contributed by atoms with Gasteiger partial charge in [0.15, 0.2) is 0 Å². The van der Waals surface area contributed by atoms with Crippen molar-refractivity contribution in [1.82, 2.24) is 4.90 Å². The van der Waals surface area contributed by atoms with Crippen LogP contribution < -0.4 is 11.5 Å². The maximum atomic E-state index is 12.9. The Bertz CT molecular complexity index is 521. The van der Waals surface area contributed by atoms with Crippen LogP contribution in [0.15, 0.2) is 24.3 Å². The standard InChI is InChI=1S/C14H18FN3O3/c15-10-3-1-9(2-4-10)12-8-18(5-6-21-12)14(20)11(16)7-13(17)19/h1-4,11-12H,5-8,16H2,(H2,17,19). The highest BCUT2D eigenvalue weighted by Gasteiger charge is 2.29. The molecule has 7 heteroatoms. The van der Waals surface area contributed by atoms with E-state index in [1.807, 2.05) is 0 Å². The molecule has 0 radical (unpaired) electrons. The van der Waals surface area contributed by atoms with Gasteiger partial charge in [-0.25, -0.2) is 4.39 Å². The van der Waals surface area contributed by atoms with E-state index in [4.69, 9.17) is 16.2 Å². The van der Waals surface area contributed by atoms with Crippen LogP contribution in [0, 0.1) is 5.82 Å². The van der Waals surface area contributed by atoms with E-state index in [0.717, 1.165) is 5.56 Å². The zero-order valence-corrected chi connectivity index (χ0v) is 11.5. The minimum absolute atomic E-state index is 0.183. The maximum Gasteiger partial charge on any atom is 0.240 e. The molecule has 114 valence electrons. The fraction of sp³-hybridized carbons (Fsp3) is 0.429. The average molecular weight is 295 g/mol. The van der Waals surface area contributed by atoms with Crippen molar-refractivity contribution in [3.05, 3.63) is 35.6 Å². The minimum atomic E-state index is -0.936. The van der Waals surface area contributed by atoms with E-state index >= 15 is 0 Å². The fourth-order valence-corrected chi connectivity index (χ4v) is 2.27. The van der Waals surface area contributed by atoms with Crippen molar-refractivity contribution in [2.75, 3.05) is 19.7 Å². The van der Waals surface area contributed by atoms with Crippen molar-refractivity contribution in [3.8, 4) is 0 Å². The zero-order chi connectivity index (χ0) is 15.4. The molecule has 4 N–H and O–H groups in total. The number of carbonyl (C=O) groups excluding carboxylic acids is 2. The predicted molar refractivity (Wildman–Crippen MR) is 73.5 cm³/mol.